The number of aromatic hydroxyl groups is 2. The van der Waals surface area contributed by atoms with Crippen LogP contribution in [0.3, 0.4) is 0 Å². The number of rotatable bonds is 10. The summed E-state index contributed by atoms with van der Waals surface area (Å²) in [7, 11) is 0. The molecule has 10 aromatic rings. The molecule has 6 nitrogen and oxygen atoms in total. The van der Waals surface area contributed by atoms with Crippen molar-refractivity contribution in [1.29, 1.82) is 0 Å². The van der Waals surface area contributed by atoms with Gasteiger partial charge in [-0.3, -0.25) is 0 Å². The van der Waals surface area contributed by atoms with Gasteiger partial charge in [0.1, 0.15) is 23.0 Å². The third kappa shape index (κ3) is 6.61. The maximum Gasteiger partial charge on any atom is 0.147 e. The molecule has 2 aromatic heterocycles. The fourth-order valence-electron chi connectivity index (χ4n) is 9.22. The summed E-state index contributed by atoms with van der Waals surface area (Å²) in [5.41, 5.74) is 10.6. The lowest BCUT2D eigenvalue weighted by Crippen LogP contribution is -2.23. The standard InChI is InChI=1S/C55H46N2O4/c1-34-29-44(54(58)50(31-34)56-46-23-11-5-17-38(46)39-18-6-12-24-47(39)56)42-21-9-15-27-52(42)60-36(3)33-37(4)61-53-28-16-10-22-43(53)45-30-35(2)32-51(55(45)59)57-48-25-13-7-19-40(48)41-20-8-14-26-49(41)57/h5-32,36-37,58-59H,33H2,1-4H3/t36-,37-/m0/s1. The fraction of sp³-hybridized carbons (Fsp3) is 0.127. The zero-order valence-electron chi connectivity index (χ0n) is 34.6. The van der Waals surface area contributed by atoms with Gasteiger partial charge in [-0.2, -0.15) is 0 Å². The number of ether oxygens (including phenoxy) is 2. The molecule has 0 spiro atoms. The Balaban J connectivity index is 0.936. The van der Waals surface area contributed by atoms with Crippen molar-refractivity contribution in [2.75, 3.05) is 0 Å². The van der Waals surface area contributed by atoms with Crippen molar-refractivity contribution in [1.82, 2.24) is 9.13 Å². The predicted molar refractivity (Wildman–Crippen MR) is 250 cm³/mol. The van der Waals surface area contributed by atoms with Crippen LogP contribution in [0.5, 0.6) is 23.0 Å². The first-order chi connectivity index (χ1) is 29.7. The van der Waals surface area contributed by atoms with E-state index >= 15 is 0 Å². The van der Waals surface area contributed by atoms with Crippen LogP contribution in [0, 0.1) is 13.8 Å². The number of para-hydroxylation sites is 6. The Bertz CT molecular complexity index is 2960. The second-order valence-corrected chi connectivity index (χ2v) is 16.2. The van der Waals surface area contributed by atoms with E-state index in [9.17, 15) is 10.2 Å². The first-order valence-corrected chi connectivity index (χ1v) is 20.9. The van der Waals surface area contributed by atoms with Crippen molar-refractivity contribution in [3.8, 4) is 56.6 Å². The highest BCUT2D eigenvalue weighted by Gasteiger charge is 2.23. The summed E-state index contributed by atoms with van der Waals surface area (Å²) >= 11 is 0. The number of phenolic OH excluding ortho intramolecular Hbond substituents is 2. The second-order valence-electron chi connectivity index (χ2n) is 16.2. The van der Waals surface area contributed by atoms with E-state index in [1.807, 2.05) is 111 Å². The van der Waals surface area contributed by atoms with Crippen LogP contribution < -0.4 is 9.47 Å². The van der Waals surface area contributed by atoms with Gasteiger partial charge in [0.2, 0.25) is 0 Å². The minimum Gasteiger partial charge on any atom is -0.505 e. The molecule has 0 aliphatic carbocycles. The Kier molecular flexibility index (Phi) is 9.48. The third-order valence-electron chi connectivity index (χ3n) is 11.8. The molecule has 0 amide bonds. The van der Waals surface area contributed by atoms with Crippen LogP contribution in [0.15, 0.2) is 170 Å². The van der Waals surface area contributed by atoms with Crippen molar-refractivity contribution < 1.29 is 19.7 Å². The maximum absolute atomic E-state index is 12.1. The van der Waals surface area contributed by atoms with Crippen molar-refractivity contribution in [3.05, 3.63) is 181 Å². The van der Waals surface area contributed by atoms with Gasteiger partial charge >= 0.3 is 0 Å². The molecule has 0 fully saturated rings. The van der Waals surface area contributed by atoms with E-state index in [2.05, 4.69) is 95.8 Å². The maximum atomic E-state index is 12.1. The Labute approximate surface area is 355 Å². The Morgan fingerprint density at radius 3 is 1.08 bits per heavy atom. The fourth-order valence-corrected chi connectivity index (χ4v) is 9.22. The summed E-state index contributed by atoms with van der Waals surface area (Å²) in [5.74, 6) is 1.74. The molecule has 0 bridgehead atoms. The number of phenols is 2. The Morgan fingerprint density at radius 2 is 0.721 bits per heavy atom. The number of hydrogen-bond donors (Lipinski definition) is 2. The average Bonchev–Trinajstić information content (AvgIpc) is 3.78. The van der Waals surface area contributed by atoms with Gasteiger partial charge < -0.3 is 28.8 Å². The lowest BCUT2D eigenvalue weighted by Gasteiger charge is -2.24. The predicted octanol–water partition coefficient (Wildman–Crippen LogP) is 13.9. The highest BCUT2D eigenvalue weighted by atomic mass is 16.5. The lowest BCUT2D eigenvalue weighted by molar-refractivity contribution is 0.131. The van der Waals surface area contributed by atoms with E-state index in [1.54, 1.807) is 0 Å². The van der Waals surface area contributed by atoms with E-state index in [-0.39, 0.29) is 23.7 Å². The van der Waals surface area contributed by atoms with Crippen LogP contribution in [0.1, 0.15) is 31.4 Å². The molecule has 2 N–H and O–H groups in total. The topological polar surface area (TPSA) is 68.8 Å². The molecule has 0 aliphatic rings. The van der Waals surface area contributed by atoms with E-state index < -0.39 is 0 Å². The summed E-state index contributed by atoms with van der Waals surface area (Å²) in [5, 5.41) is 28.8. The van der Waals surface area contributed by atoms with Gasteiger partial charge in [0.05, 0.1) is 45.6 Å². The third-order valence-corrected chi connectivity index (χ3v) is 11.8. The average molecular weight is 799 g/mol. The normalized spacial score (nSPS) is 12.7. The Hall–Kier alpha value is -7.44. The highest BCUT2D eigenvalue weighted by Crippen LogP contribution is 2.45. The molecule has 6 heteroatoms. The van der Waals surface area contributed by atoms with Crippen LogP contribution in [-0.2, 0) is 0 Å². The summed E-state index contributed by atoms with van der Waals surface area (Å²) in [6.45, 7) is 8.22. The molecule has 300 valence electrons. The van der Waals surface area contributed by atoms with Crippen molar-refractivity contribution >= 4 is 43.6 Å². The van der Waals surface area contributed by atoms with E-state index in [0.29, 0.717) is 29.0 Å². The number of nitrogens with zero attached hydrogens (tertiary/aromatic N) is 2. The molecule has 0 radical (unpaired) electrons. The van der Waals surface area contributed by atoms with Gasteiger partial charge in [-0.25, -0.2) is 0 Å². The number of aromatic nitrogens is 2. The van der Waals surface area contributed by atoms with Gasteiger partial charge in [0.25, 0.3) is 0 Å². The van der Waals surface area contributed by atoms with Crippen molar-refractivity contribution in [3.63, 3.8) is 0 Å². The SMILES string of the molecule is Cc1cc(-c2ccccc2O[C@@H](C)C[C@H](C)Oc2ccccc2-c2cc(C)cc(-n3c4ccccc4c4ccccc43)c2O)c(O)c(-n2c3ccccc3c3ccccc32)c1. The van der Waals surface area contributed by atoms with Crippen LogP contribution in [0.25, 0.3) is 77.2 Å². The lowest BCUT2D eigenvalue weighted by atomic mass is 9.99. The summed E-state index contributed by atoms with van der Waals surface area (Å²) in [6, 6.07) is 57.2. The van der Waals surface area contributed by atoms with Gasteiger partial charge in [-0.05, 0) is 99.5 Å². The molecule has 0 saturated heterocycles. The molecule has 10 rings (SSSR count). The zero-order valence-corrected chi connectivity index (χ0v) is 34.6. The van der Waals surface area contributed by atoms with Crippen molar-refractivity contribution in [2.24, 2.45) is 0 Å². The summed E-state index contributed by atoms with van der Waals surface area (Å²) in [4.78, 5) is 0. The largest absolute Gasteiger partial charge is 0.505 e. The van der Waals surface area contributed by atoms with Crippen LogP contribution in [-0.4, -0.2) is 31.6 Å². The highest BCUT2D eigenvalue weighted by molar-refractivity contribution is 6.10. The molecular formula is C55H46N2O4. The van der Waals surface area contributed by atoms with Crippen molar-refractivity contribution in [2.45, 2.75) is 46.3 Å². The first-order valence-electron chi connectivity index (χ1n) is 20.9. The van der Waals surface area contributed by atoms with Gasteiger partial charge in [0.15, 0.2) is 0 Å². The molecule has 0 saturated carbocycles. The second kappa shape index (κ2) is 15.3. The summed E-state index contributed by atoms with van der Waals surface area (Å²) < 4.78 is 17.7. The number of benzene rings is 8. The zero-order chi connectivity index (χ0) is 41.8. The number of hydrogen-bond acceptors (Lipinski definition) is 4. The van der Waals surface area contributed by atoms with Crippen LogP contribution in [0.4, 0.5) is 0 Å². The van der Waals surface area contributed by atoms with Gasteiger partial charge in [0, 0.05) is 50.2 Å². The molecule has 0 aliphatic heterocycles. The van der Waals surface area contributed by atoms with Gasteiger partial charge in [-0.15, -0.1) is 0 Å². The van der Waals surface area contributed by atoms with Gasteiger partial charge in [-0.1, -0.05) is 109 Å². The molecule has 2 atom stereocenters. The van der Waals surface area contributed by atoms with E-state index in [0.717, 1.165) is 77.2 Å². The monoisotopic (exact) mass is 798 g/mol. The first kappa shape index (κ1) is 37.8. The molecule has 8 aromatic carbocycles. The minimum atomic E-state index is -0.235. The minimum absolute atomic E-state index is 0.190. The number of fused-ring (bicyclic) bond motifs is 6. The van der Waals surface area contributed by atoms with Crippen LogP contribution >= 0.6 is 0 Å². The van der Waals surface area contributed by atoms with Crippen LogP contribution in [0.2, 0.25) is 0 Å². The molecular weight excluding hydrogens is 753 g/mol. The quantitative estimate of drug-likeness (QED) is 0.145. The van der Waals surface area contributed by atoms with E-state index in [1.165, 1.54) is 0 Å². The number of aryl methyl sites for hydroxylation is 2. The smallest absolute Gasteiger partial charge is 0.147 e. The molecule has 61 heavy (non-hydrogen) atoms. The molecule has 2 heterocycles. The summed E-state index contributed by atoms with van der Waals surface area (Å²) in [6.07, 6.45) is 0.115. The van der Waals surface area contributed by atoms with E-state index in [4.69, 9.17) is 9.47 Å². The molecule has 0 unspecified atom stereocenters. The Morgan fingerprint density at radius 1 is 0.410 bits per heavy atom.